The van der Waals surface area contributed by atoms with E-state index in [-0.39, 0.29) is 61.1 Å². The molecule has 0 aliphatic rings. The minimum absolute atomic E-state index is 0.0749. The van der Waals surface area contributed by atoms with Crippen LogP contribution in [0.1, 0.15) is 129 Å². The molecular formula is C139H94. The highest BCUT2D eigenvalue weighted by molar-refractivity contribution is 6.25. The van der Waals surface area contributed by atoms with E-state index in [9.17, 15) is 30.2 Å². The van der Waals surface area contributed by atoms with Crippen LogP contribution in [0.15, 0.2) is 550 Å². The van der Waals surface area contributed by atoms with Gasteiger partial charge in [0.1, 0.15) is 0 Å². The normalized spacial score (nSPS) is 20.4. The van der Waals surface area contributed by atoms with Crippen molar-refractivity contribution >= 4 is 129 Å². The molecule has 139 heavy (non-hydrogen) atoms. The van der Waals surface area contributed by atoms with Gasteiger partial charge in [-0.1, -0.05) is 507 Å². The molecule has 0 saturated heterocycles. The molecular weight excluding hydrogens is 1670 g/mol. The van der Waals surface area contributed by atoms with Gasteiger partial charge in [-0.15, -0.1) is 0 Å². The third kappa shape index (κ3) is 16.3. The fourth-order valence-electron chi connectivity index (χ4n) is 15.4. The summed E-state index contributed by atoms with van der Waals surface area (Å²) >= 11 is 0. The SMILES string of the molecule is [2H]c1c([2H])c(C)c([2H])c(-c2c([2H])c([2H])c([2H])c3c([2H])c([2H])c([2H])c([2H])c23)c1[2H].[2H]c1c([2H])c([2H])c(-c2c3c([2H])c([2H])c([2H])c([2H])c3c(-c3c([2H])c([2H])c([2H])c(-c4c([2H])c([2H])c([2H])c5c([2H])c([2H])c([2H])c([2H])c45)c3[2H])c3c([2H])c(-c4c([2H])c([2H])c([2H])c5c([2H])c([2H])c([2H])c([2H])c45)c([2H])c([2H])c23)c([2H])c1[2H].[2H]c1c([2H])c([2H])c(-c2c3c([2H])c([2H])c([2H])c([2H])c3c(-c3c([2H])c([2H])c([2H])c(-c4c([2H])c([2H])c([2H])c5c([2H])c([2H])c([2H])c([2H])c45)c3[2H])c3c([2H])c([2H])c(-c4c([2H])c([2H])c5c([2H])c([2H])c([2H])c([2H])c5c4[2H])c([2H])c23)c([2H])c1[2H].[2H]c1c([2H])c([2H])c(-c2c3c([2H])c([2H])c([2H])c([2H])c3cc3c([2H])c(-c4c([2H])c([2H])c5c([2H])c([2H])c([2H])c([2H])c5c4[2H])c([2H])c([2H])c23)c([2H])c1[2H]. The molecule has 27 rings (SSSR count). The zero-order chi connectivity index (χ0) is 171. The second-order valence-corrected chi connectivity index (χ2v) is 29.3. The lowest BCUT2D eigenvalue weighted by atomic mass is 9.84. The van der Waals surface area contributed by atoms with Crippen molar-refractivity contribution in [3.05, 3.63) is 555 Å². The zero-order valence-corrected chi connectivity index (χ0v) is 70.1. The summed E-state index contributed by atoms with van der Waals surface area (Å²) in [6.45, 7) is 1.41. The van der Waals surface area contributed by atoms with E-state index in [1.807, 2.05) is 0 Å². The first kappa shape index (κ1) is 31.9. The highest BCUT2D eigenvalue weighted by Gasteiger charge is 2.23. The Kier molecular flexibility index (Phi) is 8.51. The van der Waals surface area contributed by atoms with Crippen molar-refractivity contribution in [1.29, 1.82) is 0 Å². The Balaban J connectivity index is 0.000000156. The Hall–Kier alpha value is -17.9. The van der Waals surface area contributed by atoms with Crippen LogP contribution in [-0.2, 0) is 0 Å². The van der Waals surface area contributed by atoms with Gasteiger partial charge in [0.2, 0.25) is 0 Å². The summed E-state index contributed by atoms with van der Waals surface area (Å²) in [5, 5.41) is -15.1. The van der Waals surface area contributed by atoms with Crippen LogP contribution in [0.5, 0.6) is 0 Å². The van der Waals surface area contributed by atoms with Gasteiger partial charge in [0.15, 0.2) is 0 Å². The Morgan fingerprint density at radius 2 is 0.345 bits per heavy atom. The fourth-order valence-corrected chi connectivity index (χ4v) is 15.4. The van der Waals surface area contributed by atoms with E-state index < -0.39 is 740 Å². The number of benzene rings is 27. The number of hydrogen-bond acceptors (Lipinski definition) is 0. The number of fused-ring (bicyclic) bond motifs is 12. The minimum atomic E-state index is -1.17. The molecule has 0 bridgehead atoms. The molecule has 650 valence electrons. The summed E-state index contributed by atoms with van der Waals surface area (Å²) in [6, 6.07) is -79.3. The average Bonchev–Trinajstić information content (AvgIpc) is 0.687. The third-order valence-corrected chi connectivity index (χ3v) is 21.3. The average molecular weight is 1850 g/mol. The first-order valence-electron chi connectivity index (χ1n) is 85.8. The quantitative estimate of drug-likeness (QED) is 0.113. The standard InChI is InChI=1S/2C46H30.C30H20.C17H14/c1-2-15-33(16-3-1)45-41-23-8-9-24-42(41)46(36-20-10-19-34(29-36)39-25-11-17-31-13-4-6-21-37(31)39)44-30-35(27-28-43(44)45)40-26-12-18-32-14-5-7-22-38(32)40;1-2-14-33(15-3-1)45-41-21-8-9-22-42(41)46(38-19-10-18-37(29-38)40-23-11-17-32-13-6-7-20-39(32)40)43-27-26-36(30-44(43)45)35-25-24-31-12-4-5-16-34(31)28-35;1-2-9-22(10-3-1)30-28-13-7-6-12-26(28)20-27-19-25(16-17-29(27)30)24-15-14-21-8-4-5-11-23(21)18-24;1-13-6-4-9-15(12-13)17-11-5-8-14-7-2-3-10-16(14)17/h2*1-30H;1-20H;2-12H,1H3/i2*1D,2D,3D,4D,5D,6D,7D,8D,9D,10D,11D,12D,13D,14D,15D,16D,17D,18D,19D,20D,21D,22D,23D,24D,25D,26D,27D,28D,29D,30D;1D,2D,3D,4D,5D,6D,7D,8D,9D,10D,11D,12D,13D,14D,15D,16D,17D,18D,19D;2D,3D,4D,5D,6D,7D,8D,9D,10D,11D,12D. The Morgan fingerprint density at radius 3 is 0.763 bits per heavy atom. The van der Waals surface area contributed by atoms with Crippen LogP contribution in [0.2, 0.25) is 0 Å². The molecule has 0 N–H and O–H groups in total. The van der Waals surface area contributed by atoms with Crippen LogP contribution >= 0.6 is 0 Å². The molecule has 0 heteroatoms. The molecule has 0 aliphatic heterocycles. The molecule has 0 aromatic heterocycles. The van der Waals surface area contributed by atoms with Crippen LogP contribution < -0.4 is 0 Å². The fraction of sp³-hybridized carbons (Fsp3) is 0.00719. The maximum absolute atomic E-state index is 10.2. The molecule has 0 aliphatic carbocycles. The first-order chi connectivity index (χ1) is 106. The van der Waals surface area contributed by atoms with Crippen molar-refractivity contribution in [2.75, 3.05) is 0 Å². The highest BCUT2D eigenvalue weighted by Crippen LogP contribution is 2.50. The summed E-state index contributed by atoms with van der Waals surface area (Å²) in [4.78, 5) is 0. The van der Waals surface area contributed by atoms with E-state index in [1.54, 1.807) is 0 Å². The summed E-state index contributed by atoms with van der Waals surface area (Å²) in [5.41, 5.74) is -16.8. The molecule has 0 saturated carbocycles. The molecule has 0 fully saturated rings. The monoisotopic (exact) mass is 1850 g/mol. The highest BCUT2D eigenvalue weighted by atomic mass is 14.3. The third-order valence-electron chi connectivity index (χ3n) is 21.3. The van der Waals surface area contributed by atoms with Gasteiger partial charge in [-0.3, -0.25) is 0 Å². The van der Waals surface area contributed by atoms with E-state index in [0.29, 0.717) is 0 Å². The van der Waals surface area contributed by atoms with E-state index in [1.165, 1.54) is 6.92 Å². The van der Waals surface area contributed by atoms with Gasteiger partial charge in [-0.05, 0) is 307 Å². The smallest absolute Gasteiger partial charge is 0.0622 e. The lowest BCUT2D eigenvalue weighted by Crippen LogP contribution is -1.92. The van der Waals surface area contributed by atoms with Crippen molar-refractivity contribution in [3.8, 4) is 122 Å². The van der Waals surface area contributed by atoms with Crippen molar-refractivity contribution < 1.29 is 123 Å². The van der Waals surface area contributed by atoms with Crippen molar-refractivity contribution in [2.24, 2.45) is 0 Å². The van der Waals surface area contributed by atoms with Crippen LogP contribution in [0, 0.1) is 6.92 Å². The second-order valence-electron chi connectivity index (χ2n) is 29.3. The van der Waals surface area contributed by atoms with Crippen LogP contribution in [0.4, 0.5) is 0 Å². The molecule has 0 heterocycles. The second kappa shape index (κ2) is 37.1. The predicted molar refractivity (Wildman–Crippen MR) is 600 cm³/mol. The molecule has 27 aromatic rings. The van der Waals surface area contributed by atoms with E-state index in [0.717, 1.165) is 6.07 Å². The van der Waals surface area contributed by atoms with Gasteiger partial charge >= 0.3 is 0 Å². The predicted octanol–water partition coefficient (Wildman–Crippen LogP) is 39.2. The molecule has 0 atom stereocenters. The summed E-state index contributed by atoms with van der Waals surface area (Å²) in [5.74, 6) is 0. The van der Waals surface area contributed by atoms with Crippen LogP contribution in [-0.4, -0.2) is 0 Å². The van der Waals surface area contributed by atoms with E-state index >= 15 is 0 Å². The zero-order valence-electron chi connectivity index (χ0n) is 160. The maximum atomic E-state index is 10.2. The van der Waals surface area contributed by atoms with Gasteiger partial charge in [-0.25, -0.2) is 0 Å². The minimum Gasteiger partial charge on any atom is -0.0622 e. The molecule has 0 radical (unpaired) electrons. The summed E-state index contributed by atoms with van der Waals surface area (Å²) < 4.78 is 792. The molecule has 0 nitrogen and oxygen atoms in total. The van der Waals surface area contributed by atoms with E-state index in [4.69, 9.17) is 93.2 Å². The lowest BCUT2D eigenvalue weighted by molar-refractivity contribution is 1.47. The van der Waals surface area contributed by atoms with Crippen LogP contribution in [0.3, 0.4) is 0 Å². The molecule has 27 aromatic carbocycles. The van der Waals surface area contributed by atoms with E-state index in [2.05, 4.69) is 0 Å². The summed E-state index contributed by atoms with van der Waals surface area (Å²) in [7, 11) is 0. The number of rotatable bonds is 11. The van der Waals surface area contributed by atoms with Gasteiger partial charge in [0, 0.05) is 0 Å². The van der Waals surface area contributed by atoms with Gasteiger partial charge in [0.25, 0.3) is 0 Å². The van der Waals surface area contributed by atoms with Crippen molar-refractivity contribution in [2.45, 2.75) is 6.92 Å². The maximum Gasteiger partial charge on any atom is 0.0636 e. The summed E-state index contributed by atoms with van der Waals surface area (Å²) in [6.07, 6.45) is 0. The number of hydrogen-bond donors (Lipinski definition) is 0. The Labute approximate surface area is 936 Å². The van der Waals surface area contributed by atoms with Crippen LogP contribution in [0.25, 0.3) is 252 Å². The molecule has 0 amide bonds. The topological polar surface area (TPSA) is 0 Å². The Morgan fingerprint density at radius 1 is 0.115 bits per heavy atom. The Bertz CT molecular complexity index is 15200. The van der Waals surface area contributed by atoms with Crippen molar-refractivity contribution in [1.82, 2.24) is 0 Å². The largest absolute Gasteiger partial charge is 0.0636 e. The first-order valence-corrected chi connectivity index (χ1v) is 40.8. The molecule has 0 unspecified atom stereocenters. The van der Waals surface area contributed by atoms with Gasteiger partial charge in [-0.2, -0.15) is 0 Å². The van der Waals surface area contributed by atoms with Gasteiger partial charge in [0.05, 0.1) is 123 Å². The van der Waals surface area contributed by atoms with Gasteiger partial charge < -0.3 is 0 Å². The lowest BCUT2D eigenvalue weighted by Gasteiger charge is -2.19. The molecule has 0 spiro atoms. The van der Waals surface area contributed by atoms with Crippen molar-refractivity contribution in [3.63, 3.8) is 0 Å².